The maximum atomic E-state index is 12.9. The molecule has 1 aliphatic carbocycles. The number of ether oxygens (including phenoxy) is 1. The van der Waals surface area contributed by atoms with Crippen molar-refractivity contribution >= 4 is 23.4 Å². The molecule has 1 aromatic carbocycles. The first kappa shape index (κ1) is 17.9. The Hall–Kier alpha value is -2.54. The van der Waals surface area contributed by atoms with Crippen molar-refractivity contribution in [3.05, 3.63) is 57.5 Å². The van der Waals surface area contributed by atoms with Crippen LogP contribution in [-0.4, -0.2) is 28.6 Å². The number of carbonyl (C=O) groups is 1. The number of benzene rings is 1. The third-order valence-electron chi connectivity index (χ3n) is 5.02. The highest BCUT2D eigenvalue weighted by Crippen LogP contribution is 2.45. The van der Waals surface area contributed by atoms with Crippen LogP contribution in [0.2, 0.25) is 0 Å². The predicted molar refractivity (Wildman–Crippen MR) is 106 cm³/mol. The zero-order valence-electron chi connectivity index (χ0n) is 15.2. The van der Waals surface area contributed by atoms with Crippen molar-refractivity contribution < 1.29 is 9.53 Å². The lowest BCUT2D eigenvalue weighted by Crippen LogP contribution is -2.38. The summed E-state index contributed by atoms with van der Waals surface area (Å²) in [5.41, 5.74) is 2.09. The third kappa shape index (κ3) is 3.16. The topological polar surface area (TPSA) is 84.1 Å². The van der Waals surface area contributed by atoms with Crippen LogP contribution < -0.4 is 15.6 Å². The molecule has 140 valence electrons. The highest BCUT2D eigenvalue weighted by atomic mass is 32.2. The maximum Gasteiger partial charge on any atom is 0.257 e. The summed E-state index contributed by atoms with van der Waals surface area (Å²) in [6.07, 6.45) is 5.12. The Morgan fingerprint density at radius 2 is 2.00 bits per heavy atom. The summed E-state index contributed by atoms with van der Waals surface area (Å²) in [5.74, 6) is 0.721. The van der Waals surface area contributed by atoms with Gasteiger partial charge in [-0.2, -0.15) is 0 Å². The summed E-state index contributed by atoms with van der Waals surface area (Å²) in [4.78, 5) is 33.0. The summed E-state index contributed by atoms with van der Waals surface area (Å²) in [5, 5.41) is 3.80. The number of hydrogen-bond donors (Lipinski definition) is 2. The van der Waals surface area contributed by atoms with Crippen LogP contribution in [0.5, 0.6) is 5.75 Å². The van der Waals surface area contributed by atoms with Crippen molar-refractivity contribution in [3.63, 3.8) is 0 Å². The highest BCUT2D eigenvalue weighted by Gasteiger charge is 2.42. The quantitative estimate of drug-likeness (QED) is 0.622. The van der Waals surface area contributed by atoms with Crippen molar-refractivity contribution in [1.82, 2.24) is 9.97 Å². The Labute approximate surface area is 161 Å². The first-order valence-corrected chi connectivity index (χ1v) is 10.3. The molecule has 4 rings (SSSR count). The molecule has 0 bridgehead atoms. The lowest BCUT2D eigenvalue weighted by atomic mass is 9.72. The van der Waals surface area contributed by atoms with E-state index in [-0.39, 0.29) is 23.2 Å². The minimum Gasteiger partial charge on any atom is -0.494 e. The van der Waals surface area contributed by atoms with E-state index in [0.29, 0.717) is 36.0 Å². The van der Waals surface area contributed by atoms with Crippen LogP contribution in [0.4, 0.5) is 5.82 Å². The number of thioether (sulfide) groups is 1. The minimum atomic E-state index is -0.382. The Bertz CT molecular complexity index is 965. The molecule has 0 radical (unpaired) electrons. The molecule has 0 saturated heterocycles. The smallest absolute Gasteiger partial charge is 0.257 e. The second-order valence-corrected chi connectivity index (χ2v) is 7.38. The van der Waals surface area contributed by atoms with E-state index < -0.39 is 0 Å². The number of carbonyl (C=O) groups excluding carboxylic acids is 1. The van der Waals surface area contributed by atoms with Gasteiger partial charge in [0.15, 0.2) is 5.16 Å². The molecule has 0 unspecified atom stereocenters. The van der Waals surface area contributed by atoms with Crippen LogP contribution in [-0.2, 0) is 4.79 Å². The highest BCUT2D eigenvalue weighted by molar-refractivity contribution is 7.98. The Morgan fingerprint density at radius 3 is 2.70 bits per heavy atom. The molecule has 6 nitrogen and oxygen atoms in total. The number of nitrogens with zero attached hydrogens (tertiary/aromatic N) is 1. The number of H-pyrrole nitrogens is 1. The van der Waals surface area contributed by atoms with E-state index in [2.05, 4.69) is 21.4 Å². The standard InChI is InChI=1S/C20H21N3O3S/c1-3-26-12-9-7-11(8-10-12)15-16-13(5-4-6-14(16)24)21-18-17(15)19(25)23-20(22-18)27-2/h5,7-10,15-16H,3-4,6H2,1-2H3,(H2,21,22,23,25)/t15-,16-/m1/s1. The molecular weight excluding hydrogens is 362 g/mol. The van der Waals surface area contributed by atoms with Crippen molar-refractivity contribution in [1.29, 1.82) is 0 Å². The molecular formula is C20H21N3O3S. The summed E-state index contributed by atoms with van der Waals surface area (Å²) < 4.78 is 5.53. The van der Waals surface area contributed by atoms with Gasteiger partial charge in [-0.25, -0.2) is 4.98 Å². The van der Waals surface area contributed by atoms with Gasteiger partial charge >= 0.3 is 0 Å². The average molecular weight is 383 g/mol. The van der Waals surface area contributed by atoms with Gasteiger partial charge in [0.1, 0.15) is 17.4 Å². The average Bonchev–Trinajstić information content (AvgIpc) is 2.67. The number of anilines is 1. The molecule has 2 N–H and O–H groups in total. The molecule has 0 fully saturated rings. The van der Waals surface area contributed by atoms with E-state index in [1.165, 1.54) is 11.8 Å². The monoisotopic (exact) mass is 383 g/mol. The molecule has 2 heterocycles. The SMILES string of the molecule is CCOc1ccc([C@H]2c3c(nc(SC)[nH]c3=O)NC3=CCCC(=O)[C@@H]32)cc1. The van der Waals surface area contributed by atoms with E-state index in [9.17, 15) is 9.59 Å². The number of nitrogens with one attached hydrogen (secondary N) is 2. The number of aromatic amines is 1. The van der Waals surface area contributed by atoms with Crippen molar-refractivity contribution in [2.75, 3.05) is 18.2 Å². The molecule has 7 heteroatoms. The van der Waals surface area contributed by atoms with E-state index in [1.54, 1.807) is 0 Å². The largest absolute Gasteiger partial charge is 0.494 e. The van der Waals surface area contributed by atoms with Gasteiger partial charge in [0.2, 0.25) is 0 Å². The lowest BCUT2D eigenvalue weighted by molar-refractivity contribution is -0.122. The number of hydrogen-bond acceptors (Lipinski definition) is 6. The normalized spacial score (nSPS) is 21.0. The van der Waals surface area contributed by atoms with Gasteiger partial charge in [-0.15, -0.1) is 0 Å². The first-order chi connectivity index (χ1) is 13.1. The fourth-order valence-corrected chi connectivity index (χ4v) is 4.24. The number of aromatic nitrogens is 2. The zero-order valence-corrected chi connectivity index (χ0v) is 16.1. The Morgan fingerprint density at radius 1 is 1.22 bits per heavy atom. The van der Waals surface area contributed by atoms with Crippen LogP contribution in [0.25, 0.3) is 0 Å². The molecule has 2 aliphatic rings. The van der Waals surface area contributed by atoms with Crippen molar-refractivity contribution in [3.8, 4) is 5.75 Å². The predicted octanol–water partition coefficient (Wildman–Crippen LogP) is 3.31. The fourth-order valence-electron chi connectivity index (χ4n) is 3.86. The number of allylic oxidation sites excluding steroid dienone is 2. The van der Waals surface area contributed by atoms with Crippen LogP contribution in [0.15, 0.2) is 46.0 Å². The summed E-state index contributed by atoms with van der Waals surface area (Å²) in [6, 6.07) is 7.64. The van der Waals surface area contributed by atoms with E-state index in [4.69, 9.17) is 4.74 Å². The van der Waals surface area contributed by atoms with E-state index in [1.807, 2.05) is 37.4 Å². The molecule has 2 atom stereocenters. The van der Waals surface area contributed by atoms with Crippen LogP contribution in [0, 0.1) is 5.92 Å². The minimum absolute atomic E-state index is 0.151. The number of ketones is 1. The molecule has 27 heavy (non-hydrogen) atoms. The zero-order chi connectivity index (χ0) is 19.0. The number of Topliss-reactive ketones (excluding diaryl/α,β-unsaturated/α-hetero) is 1. The van der Waals surface area contributed by atoms with Crippen LogP contribution >= 0.6 is 11.8 Å². The van der Waals surface area contributed by atoms with Gasteiger partial charge < -0.3 is 15.0 Å². The van der Waals surface area contributed by atoms with Crippen molar-refractivity contribution in [2.24, 2.45) is 5.92 Å². The van der Waals surface area contributed by atoms with Gasteiger partial charge in [0.25, 0.3) is 5.56 Å². The fraction of sp³-hybridized carbons (Fsp3) is 0.350. The Kier molecular flexibility index (Phi) is 4.78. The molecule has 0 saturated carbocycles. The second-order valence-electron chi connectivity index (χ2n) is 6.58. The number of rotatable bonds is 4. The molecule has 1 aliphatic heterocycles. The lowest BCUT2D eigenvalue weighted by Gasteiger charge is -2.36. The van der Waals surface area contributed by atoms with Crippen molar-refractivity contribution in [2.45, 2.75) is 30.8 Å². The summed E-state index contributed by atoms with van der Waals surface area (Å²) in [6.45, 7) is 2.52. The van der Waals surface area contributed by atoms with Crippen LogP contribution in [0.1, 0.15) is 36.8 Å². The summed E-state index contributed by atoms with van der Waals surface area (Å²) >= 11 is 1.38. The second kappa shape index (κ2) is 7.23. The van der Waals surface area contributed by atoms with Gasteiger partial charge in [0.05, 0.1) is 18.1 Å². The molecule has 0 spiro atoms. The Balaban J connectivity index is 1.89. The third-order valence-corrected chi connectivity index (χ3v) is 5.60. The molecule has 0 amide bonds. The molecule has 1 aromatic heterocycles. The number of fused-ring (bicyclic) bond motifs is 2. The summed E-state index contributed by atoms with van der Waals surface area (Å²) in [7, 11) is 0. The van der Waals surface area contributed by atoms with Gasteiger partial charge in [-0.3, -0.25) is 9.59 Å². The molecule has 2 aromatic rings. The van der Waals surface area contributed by atoms with Gasteiger partial charge in [0, 0.05) is 18.0 Å². The van der Waals surface area contributed by atoms with E-state index >= 15 is 0 Å². The van der Waals surface area contributed by atoms with E-state index in [0.717, 1.165) is 17.0 Å². The van der Waals surface area contributed by atoms with Crippen LogP contribution in [0.3, 0.4) is 0 Å². The maximum absolute atomic E-state index is 12.9. The van der Waals surface area contributed by atoms with Gasteiger partial charge in [-0.05, 0) is 37.3 Å². The van der Waals surface area contributed by atoms with Gasteiger partial charge in [-0.1, -0.05) is 30.0 Å². The first-order valence-electron chi connectivity index (χ1n) is 9.03.